The molecule has 1 aliphatic carbocycles. The van der Waals surface area contributed by atoms with E-state index in [-0.39, 0.29) is 5.97 Å². The molecule has 2 aliphatic rings. The second kappa shape index (κ2) is 5.69. The SMILES string of the molecule is CCOC(=O)C(C)O[C@@]12CCCC1(C(=O)OC)CCO2. The largest absolute Gasteiger partial charge is 0.468 e. The summed E-state index contributed by atoms with van der Waals surface area (Å²) < 4.78 is 21.5. The van der Waals surface area contributed by atoms with Crippen molar-refractivity contribution in [3.05, 3.63) is 0 Å². The first-order chi connectivity index (χ1) is 9.51. The monoisotopic (exact) mass is 286 g/mol. The maximum atomic E-state index is 12.2. The number of hydrogen-bond acceptors (Lipinski definition) is 6. The van der Waals surface area contributed by atoms with Crippen molar-refractivity contribution in [3.63, 3.8) is 0 Å². The zero-order valence-electron chi connectivity index (χ0n) is 12.3. The summed E-state index contributed by atoms with van der Waals surface area (Å²) >= 11 is 0. The van der Waals surface area contributed by atoms with E-state index in [1.54, 1.807) is 13.8 Å². The summed E-state index contributed by atoms with van der Waals surface area (Å²) in [5, 5.41) is 0. The van der Waals surface area contributed by atoms with E-state index in [1.807, 2.05) is 0 Å². The van der Waals surface area contributed by atoms with Crippen LogP contribution in [0.1, 0.15) is 39.5 Å². The fraction of sp³-hybridized carbons (Fsp3) is 0.857. The molecule has 3 atom stereocenters. The Hall–Kier alpha value is -1.14. The molecule has 1 saturated carbocycles. The van der Waals surface area contributed by atoms with E-state index in [0.29, 0.717) is 32.5 Å². The number of carbonyl (C=O) groups is 2. The molecule has 2 unspecified atom stereocenters. The summed E-state index contributed by atoms with van der Waals surface area (Å²) in [7, 11) is 1.37. The molecule has 2 rings (SSSR count). The van der Waals surface area contributed by atoms with Crippen LogP contribution >= 0.6 is 0 Å². The average Bonchev–Trinajstić information content (AvgIpc) is 2.93. The lowest BCUT2D eigenvalue weighted by Crippen LogP contribution is -2.51. The molecule has 0 N–H and O–H groups in total. The molecule has 0 aromatic heterocycles. The summed E-state index contributed by atoms with van der Waals surface area (Å²) in [6.45, 7) is 4.09. The van der Waals surface area contributed by atoms with Crippen LogP contribution in [-0.2, 0) is 28.5 Å². The van der Waals surface area contributed by atoms with Gasteiger partial charge in [-0.3, -0.25) is 4.79 Å². The van der Waals surface area contributed by atoms with Crippen LogP contribution in [0.15, 0.2) is 0 Å². The predicted octanol–water partition coefficient (Wildman–Crippen LogP) is 1.41. The quantitative estimate of drug-likeness (QED) is 0.712. The van der Waals surface area contributed by atoms with Crippen LogP contribution in [-0.4, -0.2) is 44.2 Å². The minimum absolute atomic E-state index is 0.294. The van der Waals surface area contributed by atoms with E-state index in [9.17, 15) is 9.59 Å². The fourth-order valence-corrected chi connectivity index (χ4v) is 3.32. The highest BCUT2D eigenvalue weighted by Crippen LogP contribution is 2.57. The Morgan fingerprint density at radius 2 is 2.05 bits per heavy atom. The third kappa shape index (κ3) is 2.20. The lowest BCUT2D eigenvalue weighted by Gasteiger charge is -2.37. The summed E-state index contributed by atoms with van der Waals surface area (Å²) in [4.78, 5) is 23.9. The zero-order chi connectivity index (χ0) is 14.8. The van der Waals surface area contributed by atoms with Gasteiger partial charge in [0, 0.05) is 6.42 Å². The van der Waals surface area contributed by atoms with E-state index < -0.39 is 23.3 Å². The van der Waals surface area contributed by atoms with E-state index in [1.165, 1.54) is 7.11 Å². The van der Waals surface area contributed by atoms with E-state index >= 15 is 0 Å². The topological polar surface area (TPSA) is 71.1 Å². The second-order valence-electron chi connectivity index (χ2n) is 5.29. The molecule has 0 bridgehead atoms. The number of methoxy groups -OCH3 is 1. The van der Waals surface area contributed by atoms with Crippen LogP contribution in [0.2, 0.25) is 0 Å². The van der Waals surface area contributed by atoms with Crippen LogP contribution in [0.4, 0.5) is 0 Å². The van der Waals surface area contributed by atoms with Gasteiger partial charge in [-0.1, -0.05) is 0 Å². The zero-order valence-corrected chi connectivity index (χ0v) is 12.3. The van der Waals surface area contributed by atoms with Gasteiger partial charge >= 0.3 is 11.9 Å². The molecule has 20 heavy (non-hydrogen) atoms. The van der Waals surface area contributed by atoms with Crippen LogP contribution in [0.5, 0.6) is 0 Å². The standard InChI is InChI=1S/C14H22O6/c1-4-18-11(15)10(2)20-14-7-5-6-13(14,8-9-19-14)12(16)17-3/h10H,4-9H2,1-3H3/t10?,13?,14-/m0/s1. The molecule has 0 spiro atoms. The van der Waals surface area contributed by atoms with Gasteiger partial charge in [-0.2, -0.15) is 0 Å². The van der Waals surface area contributed by atoms with Gasteiger partial charge in [0.2, 0.25) is 0 Å². The number of rotatable bonds is 5. The summed E-state index contributed by atoms with van der Waals surface area (Å²) in [6, 6.07) is 0. The normalized spacial score (nSPS) is 33.5. The first kappa shape index (κ1) is 15.3. The molecule has 6 heteroatoms. The van der Waals surface area contributed by atoms with Crippen molar-refractivity contribution in [3.8, 4) is 0 Å². The Bertz CT molecular complexity index is 381. The Morgan fingerprint density at radius 1 is 1.30 bits per heavy atom. The van der Waals surface area contributed by atoms with Crippen LogP contribution in [0.3, 0.4) is 0 Å². The van der Waals surface area contributed by atoms with Gasteiger partial charge in [-0.25, -0.2) is 4.79 Å². The second-order valence-corrected chi connectivity index (χ2v) is 5.29. The average molecular weight is 286 g/mol. The maximum absolute atomic E-state index is 12.2. The molecule has 114 valence electrons. The fourth-order valence-electron chi connectivity index (χ4n) is 3.32. The van der Waals surface area contributed by atoms with Crippen molar-refractivity contribution in [1.29, 1.82) is 0 Å². The van der Waals surface area contributed by atoms with Gasteiger partial charge in [0.05, 0.1) is 20.3 Å². The summed E-state index contributed by atoms with van der Waals surface area (Å²) in [5.41, 5.74) is -0.789. The lowest BCUT2D eigenvalue weighted by atomic mass is 9.80. The Kier molecular flexibility index (Phi) is 4.34. The molecule has 0 aromatic rings. The minimum atomic E-state index is -1.05. The van der Waals surface area contributed by atoms with Crippen LogP contribution < -0.4 is 0 Å². The van der Waals surface area contributed by atoms with Crippen molar-refractivity contribution >= 4 is 11.9 Å². The minimum Gasteiger partial charge on any atom is -0.468 e. The Balaban J connectivity index is 2.19. The highest BCUT2D eigenvalue weighted by Gasteiger charge is 2.66. The van der Waals surface area contributed by atoms with Crippen molar-refractivity contribution in [1.82, 2.24) is 0 Å². The molecular weight excluding hydrogens is 264 g/mol. The maximum Gasteiger partial charge on any atom is 0.335 e. The van der Waals surface area contributed by atoms with Crippen molar-refractivity contribution in [2.45, 2.75) is 51.4 Å². The summed E-state index contributed by atoms with van der Waals surface area (Å²) in [6.07, 6.45) is 1.86. The van der Waals surface area contributed by atoms with Gasteiger partial charge in [0.1, 0.15) is 5.41 Å². The van der Waals surface area contributed by atoms with E-state index in [2.05, 4.69) is 0 Å². The number of fused-ring (bicyclic) bond motifs is 1. The van der Waals surface area contributed by atoms with E-state index in [4.69, 9.17) is 18.9 Å². The van der Waals surface area contributed by atoms with Gasteiger partial charge in [-0.15, -0.1) is 0 Å². The van der Waals surface area contributed by atoms with Crippen molar-refractivity contribution in [2.24, 2.45) is 5.41 Å². The van der Waals surface area contributed by atoms with Gasteiger partial charge in [0.15, 0.2) is 11.9 Å². The molecule has 0 amide bonds. The molecule has 0 radical (unpaired) electrons. The van der Waals surface area contributed by atoms with Gasteiger partial charge in [-0.05, 0) is 33.1 Å². The number of hydrogen-bond donors (Lipinski definition) is 0. The lowest BCUT2D eigenvalue weighted by molar-refractivity contribution is -0.267. The van der Waals surface area contributed by atoms with Crippen LogP contribution in [0.25, 0.3) is 0 Å². The summed E-state index contributed by atoms with van der Waals surface area (Å²) in [5.74, 6) is -1.81. The third-order valence-corrected chi connectivity index (χ3v) is 4.26. The third-order valence-electron chi connectivity index (χ3n) is 4.26. The number of carbonyl (C=O) groups excluding carboxylic acids is 2. The smallest absolute Gasteiger partial charge is 0.335 e. The molecule has 1 saturated heterocycles. The van der Waals surface area contributed by atoms with E-state index in [0.717, 1.165) is 6.42 Å². The predicted molar refractivity (Wildman–Crippen MR) is 68.8 cm³/mol. The highest BCUT2D eigenvalue weighted by atomic mass is 16.7. The van der Waals surface area contributed by atoms with Crippen LogP contribution in [0, 0.1) is 5.41 Å². The molecule has 6 nitrogen and oxygen atoms in total. The van der Waals surface area contributed by atoms with Crippen molar-refractivity contribution < 1.29 is 28.5 Å². The highest BCUT2D eigenvalue weighted by molar-refractivity contribution is 5.79. The molecule has 1 aliphatic heterocycles. The molecule has 1 heterocycles. The molecular formula is C14H22O6. The van der Waals surface area contributed by atoms with Crippen molar-refractivity contribution in [2.75, 3.05) is 20.3 Å². The Morgan fingerprint density at radius 3 is 2.70 bits per heavy atom. The number of ether oxygens (including phenoxy) is 4. The first-order valence-electron chi connectivity index (χ1n) is 7.08. The van der Waals surface area contributed by atoms with Gasteiger partial charge < -0.3 is 18.9 Å². The molecule has 2 fully saturated rings. The Labute approximate surface area is 118 Å². The first-order valence-corrected chi connectivity index (χ1v) is 7.08. The molecule has 0 aromatic carbocycles. The van der Waals surface area contributed by atoms with Gasteiger partial charge in [0.25, 0.3) is 0 Å². The number of esters is 2.